The number of fused-ring (bicyclic) bond motifs is 1. The first-order valence-corrected chi connectivity index (χ1v) is 5.29. The van der Waals surface area contributed by atoms with Crippen LogP contribution in [0.4, 0.5) is 0 Å². The molecule has 0 saturated heterocycles. The second kappa shape index (κ2) is 3.93. The Morgan fingerprint density at radius 1 is 1.07 bits per heavy atom. The van der Waals surface area contributed by atoms with Gasteiger partial charge in [-0.05, 0) is 34.4 Å². The third-order valence-corrected chi connectivity index (χ3v) is 2.75. The Hall–Kier alpha value is -1.50. The summed E-state index contributed by atoms with van der Waals surface area (Å²) in [5.74, 6) is 1.47. The molecule has 0 saturated carbocycles. The van der Waals surface area contributed by atoms with E-state index < -0.39 is 0 Å². The highest BCUT2D eigenvalue weighted by atomic mass is 16.5. The molecule has 0 amide bonds. The van der Waals surface area contributed by atoms with Crippen molar-refractivity contribution in [1.29, 1.82) is 0 Å². The fourth-order valence-electron chi connectivity index (χ4n) is 1.91. The summed E-state index contributed by atoms with van der Waals surface area (Å²) in [5, 5.41) is 2.58. The molecule has 1 heteroatoms. The number of methoxy groups -OCH3 is 1. The van der Waals surface area contributed by atoms with Gasteiger partial charge in [0.15, 0.2) is 0 Å². The van der Waals surface area contributed by atoms with Gasteiger partial charge in [-0.25, -0.2) is 0 Å². The summed E-state index contributed by atoms with van der Waals surface area (Å²) in [5.41, 5.74) is 1.38. The van der Waals surface area contributed by atoms with Crippen molar-refractivity contribution in [3.05, 3.63) is 42.0 Å². The van der Waals surface area contributed by atoms with Crippen molar-refractivity contribution < 1.29 is 4.74 Å². The molecule has 0 radical (unpaired) electrons. The summed E-state index contributed by atoms with van der Waals surface area (Å²) in [6.45, 7) is 4.43. The molecule has 0 spiro atoms. The van der Waals surface area contributed by atoms with E-state index in [9.17, 15) is 0 Å². The maximum absolute atomic E-state index is 5.26. The van der Waals surface area contributed by atoms with E-state index in [1.165, 1.54) is 16.3 Å². The number of hydrogen-bond donors (Lipinski definition) is 0. The zero-order valence-electron chi connectivity index (χ0n) is 9.45. The van der Waals surface area contributed by atoms with Crippen LogP contribution in [0.2, 0.25) is 0 Å². The van der Waals surface area contributed by atoms with Crippen LogP contribution in [-0.4, -0.2) is 7.11 Å². The van der Waals surface area contributed by atoms with E-state index in [0.29, 0.717) is 5.92 Å². The molecule has 0 unspecified atom stereocenters. The lowest BCUT2D eigenvalue weighted by atomic mass is 9.96. The van der Waals surface area contributed by atoms with Crippen molar-refractivity contribution in [1.82, 2.24) is 0 Å². The van der Waals surface area contributed by atoms with Gasteiger partial charge >= 0.3 is 0 Å². The van der Waals surface area contributed by atoms with E-state index in [1.54, 1.807) is 7.11 Å². The Labute approximate surface area is 90.7 Å². The lowest BCUT2D eigenvalue weighted by Crippen LogP contribution is -1.90. The first-order valence-electron chi connectivity index (χ1n) is 5.29. The molecule has 78 valence electrons. The topological polar surface area (TPSA) is 9.23 Å². The van der Waals surface area contributed by atoms with Crippen LogP contribution >= 0.6 is 0 Å². The van der Waals surface area contributed by atoms with Crippen molar-refractivity contribution in [2.45, 2.75) is 19.8 Å². The molecule has 0 aliphatic rings. The average Bonchev–Trinajstić information content (AvgIpc) is 2.27. The fourth-order valence-corrected chi connectivity index (χ4v) is 1.91. The van der Waals surface area contributed by atoms with Gasteiger partial charge in [0.25, 0.3) is 0 Å². The summed E-state index contributed by atoms with van der Waals surface area (Å²) in [6, 6.07) is 12.7. The second-order valence-electron chi connectivity index (χ2n) is 4.09. The van der Waals surface area contributed by atoms with Gasteiger partial charge in [-0.1, -0.05) is 38.1 Å². The molecule has 0 N–H and O–H groups in total. The lowest BCUT2D eigenvalue weighted by Gasteiger charge is -2.10. The average molecular weight is 200 g/mol. The third-order valence-electron chi connectivity index (χ3n) is 2.75. The van der Waals surface area contributed by atoms with E-state index in [1.807, 2.05) is 6.07 Å². The van der Waals surface area contributed by atoms with Crippen LogP contribution in [0.1, 0.15) is 25.3 Å². The zero-order chi connectivity index (χ0) is 10.8. The molecule has 0 fully saturated rings. The first-order chi connectivity index (χ1) is 7.22. The third kappa shape index (κ3) is 1.82. The van der Waals surface area contributed by atoms with Gasteiger partial charge < -0.3 is 4.74 Å². The molecule has 0 heterocycles. The first kappa shape index (κ1) is 10.0. The molecule has 2 rings (SSSR count). The van der Waals surface area contributed by atoms with Crippen LogP contribution < -0.4 is 4.74 Å². The molecule has 0 aliphatic heterocycles. The highest BCUT2D eigenvalue weighted by Crippen LogP contribution is 2.28. The Kier molecular flexibility index (Phi) is 2.63. The normalized spacial score (nSPS) is 10.9. The van der Waals surface area contributed by atoms with Crippen molar-refractivity contribution >= 4 is 10.8 Å². The summed E-state index contributed by atoms with van der Waals surface area (Å²) in [4.78, 5) is 0. The molecule has 1 nitrogen and oxygen atoms in total. The highest BCUT2D eigenvalue weighted by Gasteiger charge is 2.05. The van der Waals surface area contributed by atoms with Crippen LogP contribution in [0.5, 0.6) is 5.75 Å². The second-order valence-corrected chi connectivity index (χ2v) is 4.09. The molecule has 0 bridgehead atoms. The molecule has 0 atom stereocenters. The van der Waals surface area contributed by atoms with Crippen LogP contribution in [0.25, 0.3) is 10.8 Å². The Balaban J connectivity index is 2.70. The summed E-state index contributed by atoms with van der Waals surface area (Å²) in [6.07, 6.45) is 0. The zero-order valence-corrected chi connectivity index (χ0v) is 9.45. The minimum atomic E-state index is 0.542. The maximum Gasteiger partial charge on any atom is 0.119 e. The number of ether oxygens (including phenoxy) is 1. The van der Waals surface area contributed by atoms with Crippen molar-refractivity contribution in [2.75, 3.05) is 7.11 Å². The standard InChI is InChI=1S/C14H16O/c1-10(2)13-6-4-5-11-7-8-12(15-3)9-14(11)13/h4-10H,1-3H3. The van der Waals surface area contributed by atoms with Gasteiger partial charge in [0, 0.05) is 0 Å². The number of hydrogen-bond acceptors (Lipinski definition) is 1. The van der Waals surface area contributed by atoms with Crippen LogP contribution in [0, 0.1) is 0 Å². The van der Waals surface area contributed by atoms with Crippen LogP contribution in [0.3, 0.4) is 0 Å². The molecule has 2 aromatic rings. The number of benzene rings is 2. The van der Waals surface area contributed by atoms with E-state index in [4.69, 9.17) is 4.74 Å². The maximum atomic E-state index is 5.26. The number of rotatable bonds is 2. The molecule has 2 aromatic carbocycles. The highest BCUT2D eigenvalue weighted by molar-refractivity contribution is 5.87. The molecule has 0 aromatic heterocycles. The minimum Gasteiger partial charge on any atom is -0.497 e. The predicted molar refractivity (Wildman–Crippen MR) is 64.6 cm³/mol. The van der Waals surface area contributed by atoms with E-state index >= 15 is 0 Å². The minimum absolute atomic E-state index is 0.542. The largest absolute Gasteiger partial charge is 0.497 e. The van der Waals surface area contributed by atoms with Gasteiger partial charge in [0.1, 0.15) is 5.75 Å². The van der Waals surface area contributed by atoms with E-state index in [0.717, 1.165) is 5.75 Å². The monoisotopic (exact) mass is 200 g/mol. The van der Waals surface area contributed by atoms with Gasteiger partial charge in [0.2, 0.25) is 0 Å². The Morgan fingerprint density at radius 3 is 2.53 bits per heavy atom. The fraction of sp³-hybridized carbons (Fsp3) is 0.286. The van der Waals surface area contributed by atoms with E-state index in [2.05, 4.69) is 44.2 Å². The smallest absolute Gasteiger partial charge is 0.119 e. The molecular formula is C14H16O. The summed E-state index contributed by atoms with van der Waals surface area (Å²) >= 11 is 0. The summed E-state index contributed by atoms with van der Waals surface area (Å²) in [7, 11) is 1.71. The van der Waals surface area contributed by atoms with Crippen LogP contribution in [0.15, 0.2) is 36.4 Å². The van der Waals surface area contributed by atoms with Gasteiger partial charge in [-0.15, -0.1) is 0 Å². The quantitative estimate of drug-likeness (QED) is 0.712. The van der Waals surface area contributed by atoms with E-state index in [-0.39, 0.29) is 0 Å². The predicted octanol–water partition coefficient (Wildman–Crippen LogP) is 3.97. The molecular weight excluding hydrogens is 184 g/mol. The Morgan fingerprint density at radius 2 is 1.87 bits per heavy atom. The van der Waals surface area contributed by atoms with Crippen LogP contribution in [-0.2, 0) is 0 Å². The summed E-state index contributed by atoms with van der Waals surface area (Å²) < 4.78 is 5.26. The van der Waals surface area contributed by atoms with Crippen molar-refractivity contribution in [3.63, 3.8) is 0 Å². The van der Waals surface area contributed by atoms with Gasteiger partial charge in [-0.2, -0.15) is 0 Å². The lowest BCUT2D eigenvalue weighted by molar-refractivity contribution is 0.415. The van der Waals surface area contributed by atoms with Crippen molar-refractivity contribution in [2.24, 2.45) is 0 Å². The Bertz CT molecular complexity index is 472. The van der Waals surface area contributed by atoms with Gasteiger partial charge in [0.05, 0.1) is 7.11 Å². The molecule has 15 heavy (non-hydrogen) atoms. The molecule has 0 aliphatic carbocycles. The van der Waals surface area contributed by atoms with Gasteiger partial charge in [-0.3, -0.25) is 0 Å². The van der Waals surface area contributed by atoms with Crippen molar-refractivity contribution in [3.8, 4) is 5.75 Å². The SMILES string of the molecule is COc1ccc2cccc(C(C)C)c2c1.